The Bertz CT molecular complexity index is 260. The average molecular weight is 213 g/mol. The number of hydrogen-bond acceptors (Lipinski definition) is 4. The second-order valence-electron chi connectivity index (χ2n) is 3.53. The van der Waals surface area contributed by atoms with Gasteiger partial charge in [0.15, 0.2) is 0 Å². The van der Waals surface area contributed by atoms with E-state index in [1.165, 1.54) is 5.01 Å². The van der Waals surface area contributed by atoms with Crippen molar-refractivity contribution in [3.63, 3.8) is 0 Å². The second-order valence-corrected chi connectivity index (χ2v) is 4.47. The number of aromatic nitrogens is 1. The summed E-state index contributed by atoms with van der Waals surface area (Å²) < 4.78 is 0. The number of nitrogens with zero attached hydrogens (tertiary/aromatic N) is 1. The van der Waals surface area contributed by atoms with Crippen LogP contribution in [-0.4, -0.2) is 31.2 Å². The molecule has 0 bridgehead atoms. The van der Waals surface area contributed by atoms with E-state index in [-0.39, 0.29) is 0 Å². The fourth-order valence-corrected chi connectivity index (χ4v) is 1.91. The minimum atomic E-state index is 0.535. The molecule has 14 heavy (non-hydrogen) atoms. The molecular formula is C10H19N3S. The Hall–Kier alpha value is -0.450. The van der Waals surface area contributed by atoms with Gasteiger partial charge in [0, 0.05) is 36.6 Å². The molecule has 0 spiro atoms. The van der Waals surface area contributed by atoms with Crippen LogP contribution in [0.15, 0.2) is 5.38 Å². The maximum absolute atomic E-state index is 4.41. The van der Waals surface area contributed by atoms with Crippen molar-refractivity contribution in [1.29, 1.82) is 0 Å². The van der Waals surface area contributed by atoms with Crippen LogP contribution in [0.25, 0.3) is 0 Å². The lowest BCUT2D eigenvalue weighted by atomic mass is 10.3. The Balaban J connectivity index is 2.10. The van der Waals surface area contributed by atoms with Crippen molar-refractivity contribution in [1.82, 2.24) is 15.6 Å². The van der Waals surface area contributed by atoms with Crippen LogP contribution < -0.4 is 10.6 Å². The number of aryl methyl sites for hydroxylation is 1. The fourth-order valence-electron chi connectivity index (χ4n) is 1.13. The highest BCUT2D eigenvalue weighted by Gasteiger charge is 1.99. The van der Waals surface area contributed by atoms with Gasteiger partial charge in [-0.05, 0) is 20.9 Å². The molecule has 0 aliphatic rings. The van der Waals surface area contributed by atoms with E-state index in [4.69, 9.17) is 0 Å². The van der Waals surface area contributed by atoms with Crippen LogP contribution in [0.3, 0.4) is 0 Å². The van der Waals surface area contributed by atoms with Crippen LogP contribution in [-0.2, 0) is 6.42 Å². The van der Waals surface area contributed by atoms with E-state index in [0.29, 0.717) is 6.04 Å². The molecule has 3 nitrogen and oxygen atoms in total. The summed E-state index contributed by atoms with van der Waals surface area (Å²) in [4.78, 5) is 4.41. The van der Waals surface area contributed by atoms with Gasteiger partial charge in [-0.1, -0.05) is 0 Å². The smallest absolute Gasteiger partial charge is 0.0940 e. The van der Waals surface area contributed by atoms with Crippen molar-refractivity contribution in [2.24, 2.45) is 0 Å². The molecule has 1 aromatic rings. The summed E-state index contributed by atoms with van der Waals surface area (Å²) in [5, 5.41) is 9.92. The van der Waals surface area contributed by atoms with Crippen LogP contribution in [0.4, 0.5) is 0 Å². The molecule has 0 aliphatic carbocycles. The lowest BCUT2D eigenvalue weighted by molar-refractivity contribution is 0.542. The molecule has 4 heteroatoms. The first-order valence-corrected chi connectivity index (χ1v) is 5.89. The van der Waals surface area contributed by atoms with Gasteiger partial charge in [-0.15, -0.1) is 11.3 Å². The average Bonchev–Trinajstić information content (AvgIpc) is 2.58. The van der Waals surface area contributed by atoms with Crippen molar-refractivity contribution in [3.05, 3.63) is 16.1 Å². The zero-order chi connectivity index (χ0) is 10.4. The summed E-state index contributed by atoms with van der Waals surface area (Å²) in [6.07, 6.45) is 1.04. The second kappa shape index (κ2) is 6.11. The van der Waals surface area contributed by atoms with Gasteiger partial charge in [-0.25, -0.2) is 4.98 Å². The first kappa shape index (κ1) is 11.6. The maximum atomic E-state index is 4.41. The van der Waals surface area contributed by atoms with Crippen LogP contribution in [0, 0.1) is 6.92 Å². The third-order valence-electron chi connectivity index (χ3n) is 2.13. The normalized spacial score (nSPS) is 13.1. The quantitative estimate of drug-likeness (QED) is 0.697. The Labute approximate surface area is 89.9 Å². The van der Waals surface area contributed by atoms with Crippen LogP contribution in [0.1, 0.15) is 17.6 Å². The largest absolute Gasteiger partial charge is 0.316 e. The van der Waals surface area contributed by atoms with E-state index in [0.717, 1.165) is 25.2 Å². The molecule has 0 radical (unpaired) electrons. The van der Waals surface area contributed by atoms with Gasteiger partial charge >= 0.3 is 0 Å². The van der Waals surface area contributed by atoms with Crippen molar-refractivity contribution < 1.29 is 0 Å². The summed E-state index contributed by atoms with van der Waals surface area (Å²) in [5.41, 5.74) is 1.13. The third-order valence-corrected chi connectivity index (χ3v) is 3.15. The molecule has 1 unspecified atom stereocenters. The molecule has 1 heterocycles. The number of likely N-dealkylation sites (N-methyl/N-ethyl adjacent to an activating group) is 1. The Morgan fingerprint density at radius 2 is 2.36 bits per heavy atom. The van der Waals surface area contributed by atoms with Gasteiger partial charge in [0.2, 0.25) is 0 Å². The van der Waals surface area contributed by atoms with E-state index >= 15 is 0 Å². The predicted octanol–water partition coefficient (Wildman–Crippen LogP) is 1.19. The monoisotopic (exact) mass is 213 g/mol. The van der Waals surface area contributed by atoms with Gasteiger partial charge in [-0.2, -0.15) is 0 Å². The summed E-state index contributed by atoms with van der Waals surface area (Å²) >= 11 is 1.75. The molecule has 0 saturated carbocycles. The molecule has 0 fully saturated rings. The molecule has 1 rings (SSSR count). The van der Waals surface area contributed by atoms with E-state index < -0.39 is 0 Å². The first-order chi connectivity index (χ1) is 6.72. The summed E-state index contributed by atoms with van der Waals surface area (Å²) in [6.45, 7) is 6.23. The summed E-state index contributed by atoms with van der Waals surface area (Å²) in [7, 11) is 1.98. The van der Waals surface area contributed by atoms with Gasteiger partial charge in [0.25, 0.3) is 0 Å². The molecule has 0 aliphatic heterocycles. The Morgan fingerprint density at radius 1 is 1.57 bits per heavy atom. The molecule has 2 N–H and O–H groups in total. The minimum Gasteiger partial charge on any atom is -0.316 e. The molecule has 1 atom stereocenters. The zero-order valence-electron chi connectivity index (χ0n) is 9.13. The molecule has 0 aromatic carbocycles. The van der Waals surface area contributed by atoms with Crippen molar-refractivity contribution in [3.8, 4) is 0 Å². The van der Waals surface area contributed by atoms with Crippen LogP contribution >= 0.6 is 11.3 Å². The summed E-state index contributed by atoms with van der Waals surface area (Å²) in [5.74, 6) is 0. The molecular weight excluding hydrogens is 194 g/mol. The van der Waals surface area contributed by atoms with Gasteiger partial charge < -0.3 is 10.6 Å². The molecule has 0 saturated heterocycles. The number of rotatable bonds is 6. The Morgan fingerprint density at radius 3 is 2.93 bits per heavy atom. The molecule has 1 aromatic heterocycles. The molecule has 0 amide bonds. The number of hydrogen-bond donors (Lipinski definition) is 2. The predicted molar refractivity (Wildman–Crippen MR) is 61.9 cm³/mol. The lowest BCUT2D eigenvalue weighted by Crippen LogP contribution is -2.34. The van der Waals surface area contributed by atoms with Gasteiger partial charge in [-0.3, -0.25) is 0 Å². The highest BCUT2D eigenvalue weighted by molar-refractivity contribution is 7.09. The van der Waals surface area contributed by atoms with E-state index in [1.54, 1.807) is 11.3 Å². The van der Waals surface area contributed by atoms with Crippen LogP contribution in [0.5, 0.6) is 0 Å². The Kier molecular flexibility index (Phi) is 5.07. The first-order valence-electron chi connectivity index (χ1n) is 5.01. The third kappa shape index (κ3) is 4.17. The minimum absolute atomic E-state index is 0.535. The molecule has 80 valence electrons. The van der Waals surface area contributed by atoms with Gasteiger partial charge in [0.1, 0.15) is 0 Å². The zero-order valence-corrected chi connectivity index (χ0v) is 9.95. The standard InChI is InChI=1S/C10H19N3S/c1-8(11-3)6-12-5-4-10-13-9(2)7-14-10/h7-8,11-12H,4-6H2,1-3H3. The highest BCUT2D eigenvalue weighted by Crippen LogP contribution is 2.08. The van der Waals surface area contributed by atoms with Crippen molar-refractivity contribution >= 4 is 11.3 Å². The van der Waals surface area contributed by atoms with E-state index in [1.807, 2.05) is 14.0 Å². The van der Waals surface area contributed by atoms with E-state index in [2.05, 4.69) is 27.9 Å². The SMILES string of the molecule is CNC(C)CNCCc1nc(C)cs1. The maximum Gasteiger partial charge on any atom is 0.0940 e. The van der Waals surface area contributed by atoms with Crippen molar-refractivity contribution in [2.45, 2.75) is 26.3 Å². The number of thiazole rings is 1. The topological polar surface area (TPSA) is 37.0 Å². The van der Waals surface area contributed by atoms with Gasteiger partial charge in [0.05, 0.1) is 5.01 Å². The highest BCUT2D eigenvalue weighted by atomic mass is 32.1. The van der Waals surface area contributed by atoms with E-state index in [9.17, 15) is 0 Å². The lowest BCUT2D eigenvalue weighted by Gasteiger charge is -2.10. The fraction of sp³-hybridized carbons (Fsp3) is 0.700. The number of nitrogens with one attached hydrogen (secondary N) is 2. The summed E-state index contributed by atoms with van der Waals surface area (Å²) in [6, 6.07) is 0.535. The van der Waals surface area contributed by atoms with Crippen molar-refractivity contribution in [2.75, 3.05) is 20.1 Å². The van der Waals surface area contributed by atoms with Crippen LogP contribution in [0.2, 0.25) is 0 Å².